The zero-order valence-electron chi connectivity index (χ0n) is 9.12. The van der Waals surface area contributed by atoms with Gasteiger partial charge in [-0.3, -0.25) is 0 Å². The topological polar surface area (TPSA) is 58.3 Å². The molecule has 2 unspecified atom stereocenters. The van der Waals surface area contributed by atoms with Gasteiger partial charge in [-0.05, 0) is 43.5 Å². The Kier molecular flexibility index (Phi) is 3.56. The highest BCUT2D eigenvalue weighted by Crippen LogP contribution is 2.30. The number of phenols is 1. The van der Waals surface area contributed by atoms with Gasteiger partial charge in [-0.15, -0.1) is 0 Å². The predicted octanol–water partition coefficient (Wildman–Crippen LogP) is 2.58. The van der Waals surface area contributed by atoms with Crippen LogP contribution in [-0.2, 0) is 0 Å². The molecule has 3 nitrogen and oxygen atoms in total. The van der Waals surface area contributed by atoms with Crippen molar-refractivity contribution in [1.29, 1.82) is 0 Å². The summed E-state index contributed by atoms with van der Waals surface area (Å²) >= 11 is 5.85. The van der Waals surface area contributed by atoms with E-state index in [0.717, 1.165) is 18.7 Å². The molecule has 2 atom stereocenters. The van der Waals surface area contributed by atoms with Gasteiger partial charge in [-0.25, -0.2) is 0 Å². The van der Waals surface area contributed by atoms with Gasteiger partial charge in [-0.1, -0.05) is 18.0 Å². The summed E-state index contributed by atoms with van der Waals surface area (Å²) in [6.45, 7) is 0.726. The molecule has 1 aromatic rings. The van der Waals surface area contributed by atoms with Crippen LogP contribution in [0.1, 0.15) is 19.3 Å². The number of aromatic hydroxyl groups is 1. The Bertz CT molecular complexity index is 370. The molecule has 0 spiro atoms. The summed E-state index contributed by atoms with van der Waals surface area (Å²) < 4.78 is 0. The van der Waals surface area contributed by atoms with Crippen molar-refractivity contribution in [3.63, 3.8) is 0 Å². The Balaban J connectivity index is 2.05. The van der Waals surface area contributed by atoms with Crippen molar-refractivity contribution in [3.05, 3.63) is 23.2 Å². The highest BCUT2D eigenvalue weighted by molar-refractivity contribution is 6.32. The summed E-state index contributed by atoms with van der Waals surface area (Å²) in [5, 5.41) is 13.1. The Morgan fingerprint density at radius 1 is 1.44 bits per heavy atom. The van der Waals surface area contributed by atoms with Crippen molar-refractivity contribution in [1.82, 2.24) is 0 Å². The zero-order valence-corrected chi connectivity index (χ0v) is 9.87. The minimum atomic E-state index is 0.119. The van der Waals surface area contributed by atoms with Gasteiger partial charge in [0.1, 0.15) is 5.75 Å². The first kappa shape index (κ1) is 11.6. The van der Waals surface area contributed by atoms with Gasteiger partial charge >= 0.3 is 0 Å². The lowest BCUT2D eigenvalue weighted by Crippen LogP contribution is -2.29. The van der Waals surface area contributed by atoms with E-state index < -0.39 is 0 Å². The molecule has 0 aliphatic heterocycles. The second-order valence-corrected chi connectivity index (χ2v) is 4.75. The lowest BCUT2D eigenvalue weighted by Gasteiger charge is -2.20. The van der Waals surface area contributed by atoms with Crippen LogP contribution in [0.25, 0.3) is 0 Å². The number of benzene rings is 1. The number of nitrogens with one attached hydrogen (secondary N) is 1. The van der Waals surface area contributed by atoms with E-state index in [1.165, 1.54) is 12.8 Å². The molecule has 2 rings (SSSR count). The molecule has 88 valence electrons. The van der Waals surface area contributed by atoms with E-state index in [2.05, 4.69) is 5.32 Å². The van der Waals surface area contributed by atoms with E-state index in [1.807, 2.05) is 6.07 Å². The highest BCUT2D eigenvalue weighted by Gasteiger charge is 2.25. The fourth-order valence-electron chi connectivity index (χ4n) is 2.32. The normalized spacial score (nSPS) is 24.6. The zero-order chi connectivity index (χ0) is 11.5. The number of hydrogen-bond acceptors (Lipinski definition) is 3. The van der Waals surface area contributed by atoms with Crippen LogP contribution < -0.4 is 11.1 Å². The molecule has 0 aromatic heterocycles. The first-order chi connectivity index (χ1) is 7.70. The van der Waals surface area contributed by atoms with Crippen molar-refractivity contribution in [2.75, 3.05) is 11.9 Å². The van der Waals surface area contributed by atoms with Crippen molar-refractivity contribution in [2.45, 2.75) is 25.3 Å². The average Bonchev–Trinajstić information content (AvgIpc) is 2.71. The van der Waals surface area contributed by atoms with Crippen molar-refractivity contribution >= 4 is 17.3 Å². The predicted molar refractivity (Wildman–Crippen MR) is 66.9 cm³/mol. The summed E-state index contributed by atoms with van der Waals surface area (Å²) in [5.41, 5.74) is 6.68. The minimum absolute atomic E-state index is 0.119. The number of nitrogens with two attached hydrogens (primary N) is 1. The SMILES string of the molecule is NCC1CCCC1Nc1ccc(O)c(Cl)c1. The van der Waals surface area contributed by atoms with Crippen LogP contribution in [0.2, 0.25) is 5.02 Å². The number of anilines is 1. The third kappa shape index (κ3) is 2.42. The fourth-order valence-corrected chi connectivity index (χ4v) is 2.50. The maximum absolute atomic E-state index is 9.32. The van der Waals surface area contributed by atoms with E-state index >= 15 is 0 Å². The van der Waals surface area contributed by atoms with E-state index in [1.54, 1.807) is 12.1 Å². The molecule has 16 heavy (non-hydrogen) atoms. The van der Waals surface area contributed by atoms with E-state index in [-0.39, 0.29) is 5.75 Å². The molecule has 4 N–H and O–H groups in total. The van der Waals surface area contributed by atoms with Gasteiger partial charge in [0.2, 0.25) is 0 Å². The monoisotopic (exact) mass is 240 g/mol. The summed E-state index contributed by atoms with van der Waals surface area (Å²) in [6.07, 6.45) is 3.58. The largest absolute Gasteiger partial charge is 0.506 e. The van der Waals surface area contributed by atoms with Crippen LogP contribution >= 0.6 is 11.6 Å². The molecular formula is C12H17ClN2O. The van der Waals surface area contributed by atoms with E-state index in [0.29, 0.717) is 17.0 Å². The second kappa shape index (κ2) is 4.93. The summed E-state index contributed by atoms with van der Waals surface area (Å²) in [5.74, 6) is 0.668. The van der Waals surface area contributed by atoms with Gasteiger partial charge in [-0.2, -0.15) is 0 Å². The number of halogens is 1. The quantitative estimate of drug-likeness (QED) is 0.712. The lowest BCUT2D eigenvalue weighted by molar-refractivity contribution is 0.475. The van der Waals surface area contributed by atoms with Gasteiger partial charge < -0.3 is 16.2 Å². The molecule has 1 fully saturated rings. The van der Waals surface area contributed by atoms with E-state index in [4.69, 9.17) is 17.3 Å². The van der Waals surface area contributed by atoms with Crippen molar-refractivity contribution in [3.8, 4) is 5.75 Å². The standard InChI is InChI=1S/C12H17ClN2O/c13-10-6-9(4-5-12(10)16)15-11-3-1-2-8(11)7-14/h4-6,8,11,15-16H,1-3,7,14H2. The second-order valence-electron chi connectivity index (χ2n) is 4.34. The summed E-state index contributed by atoms with van der Waals surface area (Å²) in [4.78, 5) is 0. The third-order valence-corrected chi connectivity index (χ3v) is 3.56. The average molecular weight is 241 g/mol. The van der Waals surface area contributed by atoms with Crippen LogP contribution in [0.4, 0.5) is 5.69 Å². The molecule has 0 bridgehead atoms. The Morgan fingerprint density at radius 2 is 2.25 bits per heavy atom. The fraction of sp³-hybridized carbons (Fsp3) is 0.500. The third-order valence-electron chi connectivity index (χ3n) is 3.26. The molecule has 1 saturated carbocycles. The van der Waals surface area contributed by atoms with Gasteiger partial charge in [0.15, 0.2) is 0 Å². The van der Waals surface area contributed by atoms with Crippen LogP contribution in [0, 0.1) is 5.92 Å². The van der Waals surface area contributed by atoms with Crippen LogP contribution in [-0.4, -0.2) is 17.7 Å². The molecule has 1 aromatic carbocycles. The highest BCUT2D eigenvalue weighted by atomic mass is 35.5. The summed E-state index contributed by atoms with van der Waals surface area (Å²) in [7, 11) is 0. The molecule has 1 aliphatic carbocycles. The molecule has 0 heterocycles. The summed E-state index contributed by atoms with van der Waals surface area (Å²) in [6, 6.07) is 5.64. The van der Waals surface area contributed by atoms with Crippen LogP contribution in [0.15, 0.2) is 18.2 Å². The maximum Gasteiger partial charge on any atom is 0.134 e. The molecule has 4 heteroatoms. The van der Waals surface area contributed by atoms with Gasteiger partial charge in [0, 0.05) is 11.7 Å². The molecule has 0 radical (unpaired) electrons. The van der Waals surface area contributed by atoms with Crippen molar-refractivity contribution < 1.29 is 5.11 Å². The lowest BCUT2D eigenvalue weighted by atomic mass is 10.0. The van der Waals surface area contributed by atoms with Crippen LogP contribution in [0.5, 0.6) is 5.75 Å². The van der Waals surface area contributed by atoms with Crippen LogP contribution in [0.3, 0.4) is 0 Å². The van der Waals surface area contributed by atoms with E-state index in [9.17, 15) is 5.11 Å². The van der Waals surface area contributed by atoms with Gasteiger partial charge in [0.25, 0.3) is 0 Å². The maximum atomic E-state index is 9.32. The molecular weight excluding hydrogens is 224 g/mol. The Labute approximate surface area is 101 Å². The van der Waals surface area contributed by atoms with Crippen molar-refractivity contribution in [2.24, 2.45) is 11.7 Å². The smallest absolute Gasteiger partial charge is 0.134 e. The molecule has 0 saturated heterocycles. The number of rotatable bonds is 3. The first-order valence-corrected chi connectivity index (χ1v) is 6.03. The number of hydrogen-bond donors (Lipinski definition) is 3. The van der Waals surface area contributed by atoms with Gasteiger partial charge in [0.05, 0.1) is 5.02 Å². The Morgan fingerprint density at radius 3 is 2.94 bits per heavy atom. The minimum Gasteiger partial charge on any atom is -0.506 e. The molecule has 0 amide bonds. The Hall–Kier alpha value is -0.930. The first-order valence-electron chi connectivity index (χ1n) is 5.66. The molecule has 1 aliphatic rings. The number of phenolic OH excluding ortho intramolecular Hbond substituents is 1.